The molecule has 1 saturated heterocycles. The highest BCUT2D eigenvalue weighted by Crippen LogP contribution is 2.54. The molecule has 1 aliphatic carbocycles. The van der Waals surface area contributed by atoms with Gasteiger partial charge in [-0.05, 0) is 18.9 Å². The maximum atomic E-state index is 11.8. The topological polar surface area (TPSA) is 41.1 Å². The highest BCUT2D eigenvalue weighted by molar-refractivity contribution is 5.81. The number of carbonyl (C=O) groups excluding carboxylic acids is 1. The number of hydrogen-bond donors (Lipinski definition) is 2. The van der Waals surface area contributed by atoms with Gasteiger partial charge >= 0.3 is 12.1 Å². The van der Waals surface area contributed by atoms with E-state index in [4.69, 9.17) is 0 Å². The third-order valence-electron chi connectivity index (χ3n) is 3.09. The minimum absolute atomic E-state index is 0.0824. The molecule has 2 N–H and O–H groups in total. The lowest BCUT2D eigenvalue weighted by atomic mass is 10.1. The van der Waals surface area contributed by atoms with Crippen molar-refractivity contribution in [2.75, 3.05) is 19.6 Å². The Bertz CT molecular complexity index is 266. The maximum Gasteiger partial charge on any atom is 0.471 e. The van der Waals surface area contributed by atoms with Crippen LogP contribution >= 0.6 is 0 Å². The smallest absolute Gasteiger partial charge is 0.348 e. The second-order valence-corrected chi connectivity index (χ2v) is 4.07. The minimum Gasteiger partial charge on any atom is -0.348 e. The van der Waals surface area contributed by atoms with Crippen LogP contribution in [0, 0.1) is 11.3 Å². The molecule has 2 unspecified atom stereocenters. The summed E-state index contributed by atoms with van der Waals surface area (Å²) in [5.74, 6) is -1.37. The Morgan fingerprint density at radius 2 is 2.29 bits per heavy atom. The van der Waals surface area contributed by atoms with Crippen molar-refractivity contribution in [3.05, 3.63) is 0 Å². The number of nitrogens with one attached hydrogen (secondary N) is 2. The molecule has 0 bridgehead atoms. The molecule has 80 valence electrons. The zero-order chi connectivity index (χ0) is 10.4. The van der Waals surface area contributed by atoms with Crippen LogP contribution in [0.1, 0.15) is 6.42 Å². The fourth-order valence-corrected chi connectivity index (χ4v) is 2.07. The summed E-state index contributed by atoms with van der Waals surface area (Å²) in [6, 6.07) is 0. The molecule has 0 aromatic rings. The van der Waals surface area contributed by atoms with Gasteiger partial charge in [-0.25, -0.2) is 0 Å². The average Bonchev–Trinajstić information content (AvgIpc) is 2.64. The molecule has 14 heavy (non-hydrogen) atoms. The quantitative estimate of drug-likeness (QED) is 0.684. The molecule has 2 fully saturated rings. The van der Waals surface area contributed by atoms with Gasteiger partial charge in [0.15, 0.2) is 0 Å². The maximum absolute atomic E-state index is 11.8. The van der Waals surface area contributed by atoms with Crippen molar-refractivity contribution in [3.63, 3.8) is 0 Å². The van der Waals surface area contributed by atoms with Crippen LogP contribution in [0.15, 0.2) is 0 Å². The van der Waals surface area contributed by atoms with E-state index in [1.165, 1.54) is 0 Å². The molecule has 0 aromatic heterocycles. The largest absolute Gasteiger partial charge is 0.471 e. The highest BCUT2D eigenvalue weighted by atomic mass is 19.4. The lowest BCUT2D eigenvalue weighted by Crippen LogP contribution is -2.41. The van der Waals surface area contributed by atoms with Crippen LogP contribution < -0.4 is 10.6 Å². The predicted molar refractivity (Wildman–Crippen MR) is 42.5 cm³/mol. The standard InChI is InChI=1S/C8H11F3N2O/c9-8(10,11)6(14)13-4-7-1-5(7)2-12-3-7/h5,12H,1-4H2,(H,13,14). The summed E-state index contributed by atoms with van der Waals surface area (Å²) in [5, 5.41) is 5.04. The summed E-state index contributed by atoms with van der Waals surface area (Å²) < 4.78 is 35.5. The Labute approximate surface area is 79.0 Å². The Hall–Kier alpha value is -0.780. The monoisotopic (exact) mass is 208 g/mol. The van der Waals surface area contributed by atoms with Crippen molar-refractivity contribution in [1.29, 1.82) is 0 Å². The number of amides is 1. The fourth-order valence-electron chi connectivity index (χ4n) is 2.07. The van der Waals surface area contributed by atoms with Gasteiger partial charge in [-0.3, -0.25) is 4.79 Å². The van der Waals surface area contributed by atoms with Gasteiger partial charge in [0.2, 0.25) is 0 Å². The Morgan fingerprint density at radius 3 is 2.71 bits per heavy atom. The van der Waals surface area contributed by atoms with E-state index >= 15 is 0 Å². The highest BCUT2D eigenvalue weighted by Gasteiger charge is 2.57. The zero-order valence-corrected chi connectivity index (χ0v) is 7.45. The van der Waals surface area contributed by atoms with E-state index in [-0.39, 0.29) is 12.0 Å². The normalized spacial score (nSPS) is 35.2. The van der Waals surface area contributed by atoms with Crippen molar-refractivity contribution >= 4 is 5.91 Å². The van der Waals surface area contributed by atoms with Gasteiger partial charge in [0.05, 0.1) is 0 Å². The third kappa shape index (κ3) is 1.58. The Kier molecular flexibility index (Phi) is 1.99. The van der Waals surface area contributed by atoms with Gasteiger partial charge in [-0.15, -0.1) is 0 Å². The van der Waals surface area contributed by atoms with E-state index in [1.807, 2.05) is 5.32 Å². The first-order valence-corrected chi connectivity index (χ1v) is 4.50. The summed E-state index contributed by atoms with van der Waals surface area (Å²) in [6.45, 7) is 1.72. The summed E-state index contributed by atoms with van der Waals surface area (Å²) in [7, 11) is 0. The van der Waals surface area contributed by atoms with Crippen LogP contribution in [0.25, 0.3) is 0 Å². The molecule has 1 aliphatic heterocycles. The Morgan fingerprint density at radius 1 is 1.57 bits per heavy atom. The molecule has 2 aliphatic rings. The van der Waals surface area contributed by atoms with Gasteiger partial charge in [-0.2, -0.15) is 13.2 Å². The van der Waals surface area contributed by atoms with E-state index in [0.717, 1.165) is 19.5 Å². The van der Waals surface area contributed by atoms with Crippen LogP contribution in [0.3, 0.4) is 0 Å². The molecule has 6 heteroatoms. The number of halogens is 3. The van der Waals surface area contributed by atoms with Crippen molar-refractivity contribution in [2.45, 2.75) is 12.6 Å². The third-order valence-corrected chi connectivity index (χ3v) is 3.09. The van der Waals surface area contributed by atoms with E-state index < -0.39 is 12.1 Å². The molecular weight excluding hydrogens is 197 g/mol. The van der Waals surface area contributed by atoms with Crippen molar-refractivity contribution < 1.29 is 18.0 Å². The van der Waals surface area contributed by atoms with Gasteiger partial charge < -0.3 is 10.6 Å². The number of alkyl halides is 3. The summed E-state index contributed by atoms with van der Waals surface area (Å²) in [4.78, 5) is 10.5. The van der Waals surface area contributed by atoms with Crippen LogP contribution in [-0.4, -0.2) is 31.7 Å². The first-order valence-electron chi connectivity index (χ1n) is 4.50. The molecule has 0 radical (unpaired) electrons. The number of rotatable bonds is 2. The van der Waals surface area contributed by atoms with Crippen molar-refractivity contribution in [3.8, 4) is 0 Å². The van der Waals surface area contributed by atoms with Gasteiger partial charge in [-0.1, -0.05) is 0 Å². The average molecular weight is 208 g/mol. The zero-order valence-electron chi connectivity index (χ0n) is 7.45. The van der Waals surface area contributed by atoms with E-state index in [9.17, 15) is 18.0 Å². The first kappa shape index (κ1) is 9.76. The number of carbonyl (C=O) groups is 1. The number of piperidine rings is 1. The summed E-state index contributed by atoms with van der Waals surface area (Å²) in [5.41, 5.74) is -0.0824. The predicted octanol–water partition coefficient (Wildman–Crippen LogP) is 0.274. The van der Waals surface area contributed by atoms with Crippen LogP contribution in [0.4, 0.5) is 13.2 Å². The molecule has 2 atom stereocenters. The van der Waals surface area contributed by atoms with Crippen molar-refractivity contribution in [1.82, 2.24) is 10.6 Å². The number of hydrogen-bond acceptors (Lipinski definition) is 2. The van der Waals surface area contributed by atoms with Crippen LogP contribution in [-0.2, 0) is 4.79 Å². The molecular formula is C8H11F3N2O. The summed E-state index contributed by atoms with van der Waals surface area (Å²) in [6.07, 6.45) is -3.83. The SMILES string of the molecule is O=C(NCC12CNCC1C2)C(F)(F)F. The molecule has 1 heterocycles. The van der Waals surface area contributed by atoms with E-state index in [1.54, 1.807) is 0 Å². The fraction of sp³-hybridized carbons (Fsp3) is 0.875. The lowest BCUT2D eigenvalue weighted by molar-refractivity contribution is -0.173. The van der Waals surface area contributed by atoms with Crippen LogP contribution in [0.2, 0.25) is 0 Å². The molecule has 0 spiro atoms. The molecule has 0 aromatic carbocycles. The Balaban J connectivity index is 1.81. The van der Waals surface area contributed by atoms with Crippen LogP contribution in [0.5, 0.6) is 0 Å². The van der Waals surface area contributed by atoms with Gasteiger partial charge in [0.1, 0.15) is 0 Å². The van der Waals surface area contributed by atoms with Gasteiger partial charge in [0, 0.05) is 18.5 Å². The molecule has 2 rings (SSSR count). The van der Waals surface area contributed by atoms with E-state index in [2.05, 4.69) is 5.32 Å². The second kappa shape index (κ2) is 2.85. The number of fused-ring (bicyclic) bond motifs is 1. The van der Waals surface area contributed by atoms with Crippen molar-refractivity contribution in [2.24, 2.45) is 11.3 Å². The second-order valence-electron chi connectivity index (χ2n) is 4.07. The molecule has 1 saturated carbocycles. The first-order chi connectivity index (χ1) is 6.44. The molecule has 1 amide bonds. The minimum atomic E-state index is -4.76. The molecule has 3 nitrogen and oxygen atoms in total. The van der Waals surface area contributed by atoms with Gasteiger partial charge in [0.25, 0.3) is 0 Å². The summed E-state index contributed by atoms with van der Waals surface area (Å²) >= 11 is 0. The van der Waals surface area contributed by atoms with E-state index in [0.29, 0.717) is 5.92 Å². The lowest BCUT2D eigenvalue weighted by Gasteiger charge is -2.13.